The molecule has 0 unspecified atom stereocenters. The minimum absolute atomic E-state index is 0.315. The van der Waals surface area contributed by atoms with Crippen molar-refractivity contribution in [3.05, 3.63) is 46.7 Å². The molecule has 1 aromatic carbocycles. The number of aromatic nitrogens is 3. The zero-order valence-electron chi connectivity index (χ0n) is 11.5. The molecule has 2 rings (SSSR count). The zero-order chi connectivity index (χ0) is 15.1. The Labute approximate surface area is 127 Å². The molecule has 6 nitrogen and oxygen atoms in total. The number of hydrogen-bond acceptors (Lipinski definition) is 4. The summed E-state index contributed by atoms with van der Waals surface area (Å²) in [7, 11) is 0. The van der Waals surface area contributed by atoms with Gasteiger partial charge in [-0.05, 0) is 37.0 Å². The summed E-state index contributed by atoms with van der Waals surface area (Å²) in [5, 5.41) is 17.3. The van der Waals surface area contributed by atoms with Gasteiger partial charge in [0.15, 0.2) is 0 Å². The van der Waals surface area contributed by atoms with Crippen LogP contribution in [0, 0.1) is 0 Å². The summed E-state index contributed by atoms with van der Waals surface area (Å²) in [5.74, 6) is -0.360. The summed E-state index contributed by atoms with van der Waals surface area (Å²) >= 11 is 5.84. The van der Waals surface area contributed by atoms with Crippen molar-refractivity contribution in [2.75, 3.05) is 0 Å². The largest absolute Gasteiger partial charge is 0.289 e. The molecule has 0 aliphatic heterocycles. The standard InChI is InChI=1S/C14H17ClN4O2/c15-12-7-5-11(6-8-12)9-19-10-13(16-18-19)3-1-2-4-14(20)17-21/h5-8,10,21H,1-4,9H2,(H,17,20). The molecule has 1 amide bonds. The Morgan fingerprint density at radius 1 is 1.29 bits per heavy atom. The van der Waals surface area contributed by atoms with E-state index in [4.69, 9.17) is 16.8 Å². The summed E-state index contributed by atoms with van der Waals surface area (Å²) in [6.45, 7) is 0.650. The topological polar surface area (TPSA) is 80.0 Å². The molecule has 0 bridgehead atoms. The van der Waals surface area contributed by atoms with E-state index in [9.17, 15) is 4.79 Å². The maximum Gasteiger partial charge on any atom is 0.243 e. The lowest BCUT2D eigenvalue weighted by Crippen LogP contribution is -2.17. The predicted octanol–water partition coefficient (Wildman–Crippen LogP) is 2.20. The Morgan fingerprint density at radius 3 is 2.76 bits per heavy atom. The number of carbonyl (C=O) groups is 1. The molecule has 0 atom stereocenters. The van der Waals surface area contributed by atoms with E-state index in [0.717, 1.165) is 24.1 Å². The van der Waals surface area contributed by atoms with Gasteiger partial charge in [-0.15, -0.1) is 5.10 Å². The van der Waals surface area contributed by atoms with Crippen LogP contribution in [-0.4, -0.2) is 26.1 Å². The SMILES string of the molecule is O=C(CCCCc1cn(Cc2ccc(Cl)cc2)nn1)NO. The monoisotopic (exact) mass is 308 g/mol. The van der Waals surface area contributed by atoms with Crippen molar-refractivity contribution in [2.45, 2.75) is 32.2 Å². The second kappa shape index (κ2) is 7.75. The Morgan fingerprint density at radius 2 is 2.05 bits per heavy atom. The molecule has 0 saturated heterocycles. The molecule has 0 spiro atoms. The van der Waals surface area contributed by atoms with Crippen molar-refractivity contribution in [1.29, 1.82) is 0 Å². The number of aryl methyl sites for hydroxylation is 1. The lowest BCUT2D eigenvalue weighted by Gasteiger charge is -2.00. The van der Waals surface area contributed by atoms with Crippen molar-refractivity contribution in [3.8, 4) is 0 Å². The van der Waals surface area contributed by atoms with Gasteiger partial charge in [-0.25, -0.2) is 10.2 Å². The van der Waals surface area contributed by atoms with E-state index in [1.54, 1.807) is 10.2 Å². The van der Waals surface area contributed by atoms with Gasteiger partial charge in [-0.2, -0.15) is 0 Å². The molecule has 2 N–H and O–H groups in total. The van der Waals surface area contributed by atoms with E-state index in [2.05, 4.69) is 10.3 Å². The second-order valence-corrected chi connectivity index (χ2v) is 5.21. The van der Waals surface area contributed by atoms with E-state index in [0.29, 0.717) is 24.4 Å². The summed E-state index contributed by atoms with van der Waals surface area (Å²) in [4.78, 5) is 10.9. The molecule has 7 heteroatoms. The molecule has 0 aliphatic carbocycles. The Kier molecular flexibility index (Phi) is 5.71. The highest BCUT2D eigenvalue weighted by molar-refractivity contribution is 6.30. The lowest BCUT2D eigenvalue weighted by molar-refractivity contribution is -0.129. The van der Waals surface area contributed by atoms with Crippen LogP contribution in [0.25, 0.3) is 0 Å². The van der Waals surface area contributed by atoms with E-state index in [1.807, 2.05) is 30.5 Å². The molecule has 0 saturated carbocycles. The van der Waals surface area contributed by atoms with Crippen LogP contribution in [0.3, 0.4) is 0 Å². The van der Waals surface area contributed by atoms with Crippen LogP contribution in [0.15, 0.2) is 30.5 Å². The number of nitrogens with one attached hydrogen (secondary N) is 1. The van der Waals surface area contributed by atoms with Crippen LogP contribution < -0.4 is 5.48 Å². The van der Waals surface area contributed by atoms with Crippen molar-refractivity contribution in [2.24, 2.45) is 0 Å². The van der Waals surface area contributed by atoms with Crippen LogP contribution in [0.1, 0.15) is 30.5 Å². The fraction of sp³-hybridized carbons (Fsp3) is 0.357. The van der Waals surface area contributed by atoms with Crippen molar-refractivity contribution < 1.29 is 10.0 Å². The quantitative estimate of drug-likeness (QED) is 0.467. The van der Waals surface area contributed by atoms with Crippen LogP contribution in [0.5, 0.6) is 0 Å². The predicted molar refractivity (Wildman–Crippen MR) is 78.1 cm³/mol. The van der Waals surface area contributed by atoms with Gasteiger partial charge in [0.1, 0.15) is 0 Å². The Bertz CT molecular complexity index is 583. The fourth-order valence-electron chi connectivity index (χ4n) is 1.95. The third kappa shape index (κ3) is 5.17. The summed E-state index contributed by atoms with van der Waals surface area (Å²) in [6.07, 6.45) is 4.51. The summed E-state index contributed by atoms with van der Waals surface area (Å²) in [6, 6.07) is 7.61. The molecule has 1 aromatic heterocycles. The van der Waals surface area contributed by atoms with Crippen LogP contribution in [-0.2, 0) is 17.8 Å². The van der Waals surface area contributed by atoms with Crippen LogP contribution in [0.2, 0.25) is 5.02 Å². The van der Waals surface area contributed by atoms with E-state index >= 15 is 0 Å². The highest BCUT2D eigenvalue weighted by Gasteiger charge is 2.03. The Hall–Kier alpha value is -1.92. The first-order valence-electron chi connectivity index (χ1n) is 6.74. The van der Waals surface area contributed by atoms with Crippen LogP contribution in [0.4, 0.5) is 0 Å². The second-order valence-electron chi connectivity index (χ2n) is 4.78. The number of nitrogens with zero attached hydrogens (tertiary/aromatic N) is 3. The fourth-order valence-corrected chi connectivity index (χ4v) is 2.08. The van der Waals surface area contributed by atoms with Gasteiger partial charge in [0.05, 0.1) is 12.2 Å². The van der Waals surface area contributed by atoms with Gasteiger partial charge in [-0.1, -0.05) is 28.9 Å². The van der Waals surface area contributed by atoms with Crippen molar-refractivity contribution in [3.63, 3.8) is 0 Å². The average Bonchev–Trinajstić information content (AvgIpc) is 2.93. The first-order chi connectivity index (χ1) is 10.2. The minimum atomic E-state index is -0.360. The van der Waals surface area contributed by atoms with Gasteiger partial charge in [0.25, 0.3) is 0 Å². The van der Waals surface area contributed by atoms with E-state index < -0.39 is 0 Å². The van der Waals surface area contributed by atoms with Gasteiger partial charge >= 0.3 is 0 Å². The normalized spacial score (nSPS) is 10.6. The third-order valence-electron chi connectivity index (χ3n) is 3.06. The van der Waals surface area contributed by atoms with Crippen molar-refractivity contribution >= 4 is 17.5 Å². The van der Waals surface area contributed by atoms with Gasteiger partial charge < -0.3 is 0 Å². The molecule has 21 heavy (non-hydrogen) atoms. The number of carbonyl (C=O) groups excluding carboxylic acids is 1. The van der Waals surface area contributed by atoms with Crippen LogP contribution >= 0.6 is 11.6 Å². The molecule has 0 aliphatic rings. The molecule has 1 heterocycles. The van der Waals surface area contributed by atoms with E-state index in [1.165, 1.54) is 0 Å². The number of hydroxylamine groups is 1. The Balaban J connectivity index is 1.78. The average molecular weight is 309 g/mol. The molecular formula is C14H17ClN4O2. The van der Waals surface area contributed by atoms with Gasteiger partial charge in [0.2, 0.25) is 5.91 Å². The highest BCUT2D eigenvalue weighted by Crippen LogP contribution is 2.11. The number of rotatable bonds is 7. The number of unbranched alkanes of at least 4 members (excludes halogenated alkanes) is 1. The maximum absolute atomic E-state index is 10.9. The van der Waals surface area contributed by atoms with Crippen molar-refractivity contribution in [1.82, 2.24) is 20.5 Å². The number of benzene rings is 1. The van der Waals surface area contributed by atoms with Gasteiger partial charge in [0, 0.05) is 17.6 Å². The molecule has 0 radical (unpaired) electrons. The number of halogens is 1. The molecule has 112 valence electrons. The summed E-state index contributed by atoms with van der Waals surface area (Å²) in [5.41, 5.74) is 3.62. The number of amides is 1. The summed E-state index contributed by atoms with van der Waals surface area (Å²) < 4.78 is 1.78. The molecular weight excluding hydrogens is 292 g/mol. The lowest BCUT2D eigenvalue weighted by atomic mass is 10.1. The zero-order valence-corrected chi connectivity index (χ0v) is 12.3. The first-order valence-corrected chi connectivity index (χ1v) is 7.11. The van der Waals surface area contributed by atoms with Gasteiger partial charge in [-0.3, -0.25) is 10.0 Å². The minimum Gasteiger partial charge on any atom is -0.289 e. The highest BCUT2D eigenvalue weighted by atomic mass is 35.5. The smallest absolute Gasteiger partial charge is 0.243 e. The molecule has 2 aromatic rings. The van der Waals surface area contributed by atoms with E-state index in [-0.39, 0.29) is 5.91 Å². The molecule has 0 fully saturated rings. The number of hydrogen-bond donors (Lipinski definition) is 2. The third-order valence-corrected chi connectivity index (χ3v) is 3.31. The maximum atomic E-state index is 10.9. The first kappa shape index (κ1) is 15.5.